The summed E-state index contributed by atoms with van der Waals surface area (Å²) in [5.41, 5.74) is 0.745. The molecule has 0 spiro atoms. The summed E-state index contributed by atoms with van der Waals surface area (Å²) >= 11 is 5.67. The van der Waals surface area contributed by atoms with E-state index in [4.69, 9.17) is 0 Å². The molecule has 0 saturated carbocycles. The topological polar surface area (TPSA) is 40.5 Å². The van der Waals surface area contributed by atoms with Gasteiger partial charge in [-0.25, -0.2) is 0 Å². The minimum Gasteiger partial charge on any atom is -0.389 e. The fourth-order valence-electron chi connectivity index (χ4n) is 1.28. The van der Waals surface area contributed by atoms with Gasteiger partial charge in [-0.3, -0.25) is 0 Å². The fraction of sp³-hybridized carbons (Fsp3) is 0.455. The van der Waals surface area contributed by atoms with Gasteiger partial charge >= 0.3 is 0 Å². The first kappa shape index (κ1) is 12.9. The standard InChI is InChI=1S/C11H16O2S2/c1-2-15-9-5-3-4-8(6-9)11(13)10(12)7-14/h3-6,10-14H,2,7H2,1H3. The Labute approximate surface area is 100 Å². The van der Waals surface area contributed by atoms with Crippen molar-refractivity contribution in [2.75, 3.05) is 11.5 Å². The van der Waals surface area contributed by atoms with E-state index < -0.39 is 12.2 Å². The summed E-state index contributed by atoms with van der Waals surface area (Å²) in [5.74, 6) is 1.25. The average Bonchev–Trinajstić information content (AvgIpc) is 2.28. The van der Waals surface area contributed by atoms with Crippen molar-refractivity contribution in [3.63, 3.8) is 0 Å². The van der Waals surface area contributed by atoms with Gasteiger partial charge in [0.05, 0.1) is 6.10 Å². The molecule has 0 aromatic heterocycles. The summed E-state index contributed by atoms with van der Waals surface area (Å²) in [7, 11) is 0. The van der Waals surface area contributed by atoms with E-state index in [2.05, 4.69) is 19.6 Å². The van der Waals surface area contributed by atoms with Crippen LogP contribution in [0.2, 0.25) is 0 Å². The molecule has 0 radical (unpaired) electrons. The first-order valence-electron chi connectivity index (χ1n) is 4.88. The van der Waals surface area contributed by atoms with Gasteiger partial charge in [-0.2, -0.15) is 12.6 Å². The van der Waals surface area contributed by atoms with Crippen LogP contribution in [0.3, 0.4) is 0 Å². The minimum absolute atomic E-state index is 0.256. The molecule has 1 aromatic rings. The Hall–Kier alpha value is -0.160. The van der Waals surface area contributed by atoms with E-state index in [0.29, 0.717) is 0 Å². The molecule has 0 amide bonds. The Bertz CT molecular complexity index is 304. The second-order valence-corrected chi connectivity index (χ2v) is 4.90. The van der Waals surface area contributed by atoms with Crippen LogP contribution in [0.4, 0.5) is 0 Å². The number of thioether (sulfide) groups is 1. The second kappa shape index (κ2) is 6.43. The maximum atomic E-state index is 9.77. The highest BCUT2D eigenvalue weighted by Crippen LogP contribution is 2.24. The molecule has 0 fully saturated rings. The minimum atomic E-state index is -0.847. The zero-order valence-electron chi connectivity index (χ0n) is 8.63. The van der Waals surface area contributed by atoms with Crippen LogP contribution in [0.15, 0.2) is 29.2 Å². The van der Waals surface area contributed by atoms with Crippen LogP contribution in [0.25, 0.3) is 0 Å². The van der Waals surface area contributed by atoms with Gasteiger partial charge in [0, 0.05) is 10.6 Å². The SMILES string of the molecule is CCSc1cccc(C(O)C(O)CS)c1. The van der Waals surface area contributed by atoms with Gasteiger partial charge in [0.2, 0.25) is 0 Å². The van der Waals surface area contributed by atoms with Crippen molar-refractivity contribution in [1.29, 1.82) is 0 Å². The Morgan fingerprint density at radius 3 is 2.73 bits per heavy atom. The quantitative estimate of drug-likeness (QED) is 0.549. The highest BCUT2D eigenvalue weighted by atomic mass is 32.2. The van der Waals surface area contributed by atoms with Crippen molar-refractivity contribution in [1.82, 2.24) is 0 Å². The van der Waals surface area contributed by atoms with Gasteiger partial charge in [0.15, 0.2) is 0 Å². The summed E-state index contributed by atoms with van der Waals surface area (Å²) in [5, 5.41) is 19.2. The van der Waals surface area contributed by atoms with E-state index in [1.807, 2.05) is 24.3 Å². The molecule has 1 rings (SSSR count). The van der Waals surface area contributed by atoms with Crippen LogP contribution in [0, 0.1) is 0 Å². The molecule has 2 atom stereocenters. The zero-order valence-corrected chi connectivity index (χ0v) is 10.3. The molecule has 15 heavy (non-hydrogen) atoms. The molecular weight excluding hydrogens is 228 g/mol. The number of aliphatic hydroxyl groups excluding tert-OH is 2. The van der Waals surface area contributed by atoms with Gasteiger partial charge in [-0.05, 0) is 23.4 Å². The van der Waals surface area contributed by atoms with E-state index in [1.165, 1.54) is 0 Å². The van der Waals surface area contributed by atoms with Crippen molar-refractivity contribution in [2.24, 2.45) is 0 Å². The summed E-state index contributed by atoms with van der Waals surface area (Å²) in [6.07, 6.45) is -1.66. The van der Waals surface area contributed by atoms with Crippen LogP contribution in [0.5, 0.6) is 0 Å². The van der Waals surface area contributed by atoms with Crippen LogP contribution < -0.4 is 0 Å². The Morgan fingerprint density at radius 2 is 2.13 bits per heavy atom. The number of benzene rings is 1. The van der Waals surface area contributed by atoms with E-state index in [0.717, 1.165) is 16.2 Å². The van der Waals surface area contributed by atoms with Crippen molar-refractivity contribution < 1.29 is 10.2 Å². The maximum Gasteiger partial charge on any atom is 0.106 e. The van der Waals surface area contributed by atoms with E-state index in [1.54, 1.807) is 11.8 Å². The van der Waals surface area contributed by atoms with E-state index in [9.17, 15) is 10.2 Å². The van der Waals surface area contributed by atoms with Crippen molar-refractivity contribution in [3.8, 4) is 0 Å². The molecule has 2 N–H and O–H groups in total. The third kappa shape index (κ3) is 3.72. The molecule has 0 aliphatic rings. The molecule has 0 aliphatic heterocycles. The highest BCUT2D eigenvalue weighted by molar-refractivity contribution is 7.99. The summed E-state index contributed by atoms with van der Waals surface area (Å²) in [6.45, 7) is 2.08. The number of thiol groups is 1. The smallest absolute Gasteiger partial charge is 0.106 e. The number of aliphatic hydroxyl groups is 2. The van der Waals surface area contributed by atoms with Gasteiger partial charge in [-0.1, -0.05) is 19.1 Å². The van der Waals surface area contributed by atoms with Crippen molar-refractivity contribution in [2.45, 2.75) is 24.0 Å². The van der Waals surface area contributed by atoms with Crippen molar-refractivity contribution >= 4 is 24.4 Å². The average molecular weight is 244 g/mol. The molecule has 0 heterocycles. The Balaban J connectivity index is 2.80. The predicted octanol–water partition coefficient (Wildman–Crippen LogP) is 2.12. The maximum absolute atomic E-state index is 9.77. The van der Waals surface area contributed by atoms with Gasteiger partial charge < -0.3 is 10.2 Å². The largest absolute Gasteiger partial charge is 0.389 e. The molecule has 0 bridgehead atoms. The van der Waals surface area contributed by atoms with Crippen molar-refractivity contribution in [3.05, 3.63) is 29.8 Å². The van der Waals surface area contributed by atoms with E-state index in [-0.39, 0.29) is 5.75 Å². The molecule has 84 valence electrons. The molecule has 0 aliphatic carbocycles. The second-order valence-electron chi connectivity index (χ2n) is 3.20. The lowest BCUT2D eigenvalue weighted by Gasteiger charge is -2.16. The summed E-state index contributed by atoms with van der Waals surface area (Å²) in [6, 6.07) is 7.61. The molecule has 2 unspecified atom stereocenters. The van der Waals surface area contributed by atoms with Gasteiger partial charge in [0.1, 0.15) is 6.10 Å². The molecule has 2 nitrogen and oxygen atoms in total. The normalized spacial score (nSPS) is 14.9. The monoisotopic (exact) mass is 244 g/mol. The zero-order chi connectivity index (χ0) is 11.3. The summed E-state index contributed by atoms with van der Waals surface area (Å²) in [4.78, 5) is 1.11. The molecule has 1 aromatic carbocycles. The first-order valence-corrected chi connectivity index (χ1v) is 6.50. The van der Waals surface area contributed by atoms with Crippen LogP contribution in [-0.4, -0.2) is 27.8 Å². The third-order valence-corrected chi connectivity index (χ3v) is 3.31. The third-order valence-electron chi connectivity index (χ3n) is 2.06. The predicted molar refractivity (Wildman–Crippen MR) is 67.7 cm³/mol. The van der Waals surface area contributed by atoms with Gasteiger partial charge in [0.25, 0.3) is 0 Å². The Kier molecular flexibility index (Phi) is 5.53. The molecule has 4 heteroatoms. The molecule has 0 saturated heterocycles. The van der Waals surface area contributed by atoms with Crippen LogP contribution in [-0.2, 0) is 0 Å². The lowest BCUT2D eigenvalue weighted by Crippen LogP contribution is -2.19. The number of hydrogen-bond donors (Lipinski definition) is 3. The highest BCUT2D eigenvalue weighted by Gasteiger charge is 2.16. The fourth-order valence-corrected chi connectivity index (χ4v) is 2.20. The lowest BCUT2D eigenvalue weighted by molar-refractivity contribution is 0.0336. The number of rotatable bonds is 5. The van der Waals surface area contributed by atoms with Gasteiger partial charge in [-0.15, -0.1) is 11.8 Å². The van der Waals surface area contributed by atoms with Crippen LogP contribution >= 0.6 is 24.4 Å². The lowest BCUT2D eigenvalue weighted by atomic mass is 10.1. The first-order chi connectivity index (χ1) is 7.19. The Morgan fingerprint density at radius 1 is 1.40 bits per heavy atom. The molecular formula is C11H16O2S2. The summed E-state index contributed by atoms with van der Waals surface area (Å²) < 4.78 is 0. The number of hydrogen-bond acceptors (Lipinski definition) is 4. The van der Waals surface area contributed by atoms with Crippen LogP contribution in [0.1, 0.15) is 18.6 Å². The van der Waals surface area contributed by atoms with E-state index >= 15 is 0 Å².